The van der Waals surface area contributed by atoms with Gasteiger partial charge in [0.05, 0.1) is 6.10 Å². The van der Waals surface area contributed by atoms with Crippen molar-refractivity contribution in [3.05, 3.63) is 71.3 Å². The summed E-state index contributed by atoms with van der Waals surface area (Å²) in [5, 5.41) is 10.6. The van der Waals surface area contributed by atoms with Crippen LogP contribution in [0.25, 0.3) is 0 Å². The summed E-state index contributed by atoms with van der Waals surface area (Å²) in [5.41, 5.74) is 3.68. The average Bonchev–Trinajstić information content (AvgIpc) is 2.61. The first-order valence-electron chi connectivity index (χ1n) is 7.29. The van der Waals surface area contributed by atoms with E-state index < -0.39 is 6.10 Å². The number of benzene rings is 2. The molecule has 2 aromatic carbocycles. The van der Waals surface area contributed by atoms with E-state index in [4.69, 9.17) is 0 Å². The Labute approximate surface area is 120 Å². The number of hydrogen-bond donors (Lipinski definition) is 1. The van der Waals surface area contributed by atoms with Crippen LogP contribution in [0.5, 0.6) is 0 Å². The largest absolute Gasteiger partial charge is 0.387 e. The fraction of sp³-hybridized carbons (Fsp3) is 0.333. The second-order valence-electron chi connectivity index (χ2n) is 5.59. The van der Waals surface area contributed by atoms with Gasteiger partial charge in [-0.15, -0.1) is 0 Å². The van der Waals surface area contributed by atoms with E-state index in [2.05, 4.69) is 54.3 Å². The van der Waals surface area contributed by atoms with Crippen molar-refractivity contribution in [1.29, 1.82) is 0 Å². The van der Waals surface area contributed by atoms with Crippen molar-refractivity contribution >= 4 is 0 Å². The van der Waals surface area contributed by atoms with E-state index in [1.807, 2.05) is 12.1 Å². The summed E-state index contributed by atoms with van der Waals surface area (Å²) >= 11 is 0. The minimum atomic E-state index is -0.405. The molecule has 1 N–H and O–H groups in total. The second kappa shape index (κ2) is 5.78. The highest BCUT2D eigenvalue weighted by Gasteiger charge is 2.27. The lowest BCUT2D eigenvalue weighted by Crippen LogP contribution is -2.36. The molecule has 20 heavy (non-hydrogen) atoms. The second-order valence-corrected chi connectivity index (χ2v) is 5.59. The van der Waals surface area contributed by atoms with Crippen molar-refractivity contribution < 1.29 is 5.11 Å². The van der Waals surface area contributed by atoms with Crippen LogP contribution in [0.2, 0.25) is 0 Å². The Kier molecular flexibility index (Phi) is 3.86. The van der Waals surface area contributed by atoms with Crippen molar-refractivity contribution in [3.8, 4) is 0 Å². The molecule has 0 spiro atoms. The van der Waals surface area contributed by atoms with Gasteiger partial charge in [0.1, 0.15) is 0 Å². The summed E-state index contributed by atoms with van der Waals surface area (Å²) in [7, 11) is 0. The summed E-state index contributed by atoms with van der Waals surface area (Å²) in [6, 6.07) is 18.9. The van der Waals surface area contributed by atoms with Gasteiger partial charge < -0.3 is 5.11 Å². The van der Waals surface area contributed by atoms with Crippen molar-refractivity contribution in [2.24, 2.45) is 0 Å². The van der Waals surface area contributed by atoms with Gasteiger partial charge in [-0.05, 0) is 30.0 Å². The lowest BCUT2D eigenvalue weighted by molar-refractivity contribution is 0.0601. The molecule has 0 fully saturated rings. The normalized spacial score (nSPS) is 23.1. The van der Waals surface area contributed by atoms with Crippen molar-refractivity contribution in [2.45, 2.75) is 32.0 Å². The van der Waals surface area contributed by atoms with Crippen LogP contribution in [0.15, 0.2) is 54.6 Å². The molecular formula is C18H21NO. The van der Waals surface area contributed by atoms with Crippen LogP contribution in [0, 0.1) is 0 Å². The molecule has 0 saturated carbocycles. The van der Waals surface area contributed by atoms with Crippen LogP contribution >= 0.6 is 0 Å². The zero-order valence-corrected chi connectivity index (χ0v) is 11.9. The Morgan fingerprint density at radius 1 is 1.05 bits per heavy atom. The third-order valence-corrected chi connectivity index (χ3v) is 4.30. The third kappa shape index (κ3) is 2.62. The summed E-state index contributed by atoms with van der Waals surface area (Å²) in [6.45, 7) is 4.01. The van der Waals surface area contributed by atoms with Gasteiger partial charge in [0.15, 0.2) is 0 Å². The van der Waals surface area contributed by atoms with Crippen LogP contribution in [0.4, 0.5) is 0 Å². The zero-order chi connectivity index (χ0) is 13.9. The van der Waals surface area contributed by atoms with Gasteiger partial charge in [-0.3, -0.25) is 4.90 Å². The van der Waals surface area contributed by atoms with E-state index in [1.54, 1.807) is 0 Å². The van der Waals surface area contributed by atoms with Gasteiger partial charge in [0.25, 0.3) is 0 Å². The fourth-order valence-corrected chi connectivity index (χ4v) is 3.02. The van der Waals surface area contributed by atoms with E-state index in [0.29, 0.717) is 0 Å². The van der Waals surface area contributed by atoms with Crippen LogP contribution in [-0.2, 0) is 13.0 Å². The summed E-state index contributed by atoms with van der Waals surface area (Å²) < 4.78 is 0. The maximum absolute atomic E-state index is 10.6. The number of aliphatic hydroxyl groups is 1. The van der Waals surface area contributed by atoms with Crippen LogP contribution < -0.4 is 0 Å². The lowest BCUT2D eigenvalue weighted by atomic mass is 9.98. The molecule has 2 atom stereocenters. The van der Waals surface area contributed by atoms with E-state index >= 15 is 0 Å². The quantitative estimate of drug-likeness (QED) is 0.903. The van der Waals surface area contributed by atoms with Crippen molar-refractivity contribution in [3.63, 3.8) is 0 Å². The Morgan fingerprint density at radius 2 is 1.75 bits per heavy atom. The number of fused-ring (bicyclic) bond motifs is 1. The Hall–Kier alpha value is -1.64. The van der Waals surface area contributed by atoms with E-state index in [-0.39, 0.29) is 6.04 Å². The highest BCUT2D eigenvalue weighted by atomic mass is 16.3. The molecule has 2 aromatic rings. The van der Waals surface area contributed by atoms with Crippen LogP contribution in [0.1, 0.15) is 29.7 Å². The van der Waals surface area contributed by atoms with E-state index in [0.717, 1.165) is 25.1 Å². The van der Waals surface area contributed by atoms with Gasteiger partial charge in [-0.1, -0.05) is 54.6 Å². The molecular weight excluding hydrogens is 246 g/mol. The maximum atomic E-state index is 10.6. The highest BCUT2D eigenvalue weighted by molar-refractivity contribution is 5.31. The topological polar surface area (TPSA) is 23.5 Å². The first kappa shape index (κ1) is 13.3. The smallest absolute Gasteiger partial charge is 0.0945 e. The monoisotopic (exact) mass is 267 g/mol. The fourth-order valence-electron chi connectivity index (χ4n) is 3.02. The number of nitrogens with zero attached hydrogens (tertiary/aromatic N) is 1. The number of hydrogen-bond acceptors (Lipinski definition) is 2. The molecule has 1 aliphatic rings. The Balaban J connectivity index is 1.82. The molecule has 0 saturated heterocycles. The first-order chi connectivity index (χ1) is 9.75. The lowest BCUT2D eigenvalue weighted by Gasteiger charge is -2.30. The highest BCUT2D eigenvalue weighted by Crippen LogP contribution is 2.29. The van der Waals surface area contributed by atoms with Gasteiger partial charge in [0, 0.05) is 19.1 Å². The molecule has 2 heteroatoms. The Bertz CT molecular complexity index is 567. The van der Waals surface area contributed by atoms with Gasteiger partial charge in [-0.25, -0.2) is 0 Å². The molecule has 104 valence electrons. The van der Waals surface area contributed by atoms with Gasteiger partial charge in [0.2, 0.25) is 0 Å². The molecule has 0 amide bonds. The molecule has 2 nitrogen and oxygen atoms in total. The standard InChI is InChI=1S/C18H21NO/c1-14-18(20)17-10-6-5-9-16(17)11-12-19(14)13-15-7-3-2-4-8-15/h2-10,14,18,20H,11-13H2,1H3/t14-,18+/m1/s1. The molecule has 1 aliphatic heterocycles. The third-order valence-electron chi connectivity index (χ3n) is 4.30. The maximum Gasteiger partial charge on any atom is 0.0945 e. The predicted molar refractivity (Wildman–Crippen MR) is 81.4 cm³/mol. The number of aliphatic hydroxyl groups excluding tert-OH is 1. The molecule has 0 unspecified atom stereocenters. The van der Waals surface area contributed by atoms with Gasteiger partial charge in [-0.2, -0.15) is 0 Å². The first-order valence-corrected chi connectivity index (χ1v) is 7.29. The molecule has 0 radical (unpaired) electrons. The van der Waals surface area contributed by atoms with Crippen molar-refractivity contribution in [2.75, 3.05) is 6.54 Å². The minimum absolute atomic E-state index is 0.138. The molecule has 0 aliphatic carbocycles. The summed E-state index contributed by atoms with van der Waals surface area (Å²) in [6.07, 6.45) is 0.599. The minimum Gasteiger partial charge on any atom is -0.387 e. The van der Waals surface area contributed by atoms with Crippen molar-refractivity contribution in [1.82, 2.24) is 4.90 Å². The van der Waals surface area contributed by atoms with E-state index in [1.165, 1.54) is 11.1 Å². The molecule has 1 heterocycles. The van der Waals surface area contributed by atoms with E-state index in [9.17, 15) is 5.11 Å². The Morgan fingerprint density at radius 3 is 2.55 bits per heavy atom. The average molecular weight is 267 g/mol. The zero-order valence-electron chi connectivity index (χ0n) is 11.9. The number of rotatable bonds is 2. The van der Waals surface area contributed by atoms with Crippen LogP contribution in [0.3, 0.4) is 0 Å². The van der Waals surface area contributed by atoms with Crippen LogP contribution in [-0.4, -0.2) is 22.6 Å². The SMILES string of the molecule is C[C@@H]1[C@H](O)c2ccccc2CCN1Cc1ccccc1. The molecule has 0 bridgehead atoms. The summed E-state index contributed by atoms with van der Waals surface area (Å²) in [5.74, 6) is 0. The summed E-state index contributed by atoms with van der Waals surface area (Å²) in [4.78, 5) is 2.38. The molecule has 3 rings (SSSR count). The molecule has 0 aromatic heterocycles. The van der Waals surface area contributed by atoms with Gasteiger partial charge >= 0.3 is 0 Å². The predicted octanol–water partition coefficient (Wildman–Crippen LogP) is 3.17.